The number of amidine groups is 1. The Morgan fingerprint density at radius 3 is 2.80 bits per heavy atom. The second-order valence-corrected chi connectivity index (χ2v) is 7.53. The average Bonchev–Trinajstić information content (AvgIpc) is 2.98. The molecule has 0 amide bonds. The molecule has 0 fully saturated rings. The second-order valence-electron chi connectivity index (χ2n) is 5.23. The monoisotopic (exact) mass is 414 g/mol. The molecule has 1 aliphatic carbocycles. The van der Waals surface area contributed by atoms with E-state index in [0.29, 0.717) is 0 Å². The molecule has 4 rings (SSSR count). The minimum Gasteiger partial charge on any atom is -0.317 e. The van der Waals surface area contributed by atoms with Crippen LogP contribution in [0, 0.1) is 0 Å². The van der Waals surface area contributed by atoms with Gasteiger partial charge in [0.05, 0.1) is 16.1 Å². The Morgan fingerprint density at radius 1 is 1.15 bits per heavy atom. The molecule has 0 atom stereocenters. The highest BCUT2D eigenvalue weighted by molar-refractivity contribution is 9.14. The lowest BCUT2D eigenvalue weighted by Gasteiger charge is -2.20. The fourth-order valence-corrected chi connectivity index (χ4v) is 4.92. The molecule has 3 aliphatic rings. The van der Waals surface area contributed by atoms with Crippen molar-refractivity contribution in [3.05, 3.63) is 38.7 Å². The molecule has 0 N–H and O–H groups in total. The van der Waals surface area contributed by atoms with Gasteiger partial charge in [0.1, 0.15) is 0 Å². The lowest BCUT2D eigenvalue weighted by Crippen LogP contribution is -2.20. The molecule has 0 aromatic heterocycles. The number of halogens is 2. The molecular formula is C15H16Br2N2S. The summed E-state index contributed by atoms with van der Waals surface area (Å²) in [5.74, 6) is 0. The molecule has 5 heteroatoms. The summed E-state index contributed by atoms with van der Waals surface area (Å²) < 4.78 is 1.21. The van der Waals surface area contributed by atoms with E-state index in [1.807, 2.05) is 0 Å². The van der Waals surface area contributed by atoms with Crippen molar-refractivity contribution in [1.82, 2.24) is 4.90 Å². The van der Waals surface area contributed by atoms with E-state index in [9.17, 15) is 0 Å². The molecule has 0 saturated heterocycles. The number of fused-ring (bicyclic) bond motifs is 2. The number of rotatable bonds is 1. The Labute approximate surface area is 142 Å². The third kappa shape index (κ3) is 2.38. The molecule has 2 nitrogen and oxygen atoms in total. The van der Waals surface area contributed by atoms with Crippen LogP contribution < -0.4 is 0 Å². The summed E-state index contributed by atoms with van der Waals surface area (Å²) in [7, 11) is 0. The maximum absolute atomic E-state index is 4.55. The van der Waals surface area contributed by atoms with E-state index in [2.05, 4.69) is 44.0 Å². The van der Waals surface area contributed by atoms with Gasteiger partial charge < -0.3 is 4.90 Å². The molecule has 0 saturated carbocycles. The van der Waals surface area contributed by atoms with Crippen molar-refractivity contribution in [2.75, 3.05) is 13.1 Å². The van der Waals surface area contributed by atoms with Gasteiger partial charge in [-0.25, -0.2) is 0 Å². The van der Waals surface area contributed by atoms with Crippen molar-refractivity contribution >= 4 is 55.5 Å². The van der Waals surface area contributed by atoms with Crippen molar-refractivity contribution in [2.24, 2.45) is 4.99 Å². The van der Waals surface area contributed by atoms with Crippen molar-refractivity contribution in [3.8, 4) is 0 Å². The summed E-state index contributed by atoms with van der Waals surface area (Å²) in [5, 5.41) is 1.15. The van der Waals surface area contributed by atoms with Crippen molar-refractivity contribution in [3.63, 3.8) is 0 Å². The number of benzene rings is 1. The van der Waals surface area contributed by atoms with E-state index in [1.165, 1.54) is 40.8 Å². The molecule has 2 aliphatic heterocycles. The fourth-order valence-electron chi connectivity index (χ4n) is 3.11. The number of aryl methyl sites for hydroxylation is 2. The van der Waals surface area contributed by atoms with E-state index in [1.54, 1.807) is 22.9 Å². The second kappa shape index (κ2) is 5.85. The normalized spacial score (nSPS) is 20.4. The molecule has 20 heavy (non-hydrogen) atoms. The lowest BCUT2D eigenvalue weighted by atomic mass is 9.90. The minimum absolute atomic E-state index is 0. The lowest BCUT2D eigenvalue weighted by molar-refractivity contribution is 0.648. The molecule has 0 bridgehead atoms. The van der Waals surface area contributed by atoms with Crippen LogP contribution >= 0.6 is 44.7 Å². The van der Waals surface area contributed by atoms with Gasteiger partial charge in [0, 0.05) is 12.1 Å². The Morgan fingerprint density at radius 2 is 1.95 bits per heavy atom. The number of thioether (sulfide) groups is 1. The van der Waals surface area contributed by atoms with E-state index < -0.39 is 0 Å². The average molecular weight is 416 g/mol. The van der Waals surface area contributed by atoms with E-state index >= 15 is 0 Å². The Kier molecular flexibility index (Phi) is 4.29. The van der Waals surface area contributed by atoms with Gasteiger partial charge in [0.2, 0.25) is 0 Å². The maximum Gasteiger partial charge on any atom is 0.169 e. The SMILES string of the molecule is Br.BrC1=C(c2ccc3c(c2)CCCC3)N2CCN=C2S1. The molecule has 106 valence electrons. The van der Waals surface area contributed by atoms with Crippen LogP contribution in [0.2, 0.25) is 0 Å². The predicted molar refractivity (Wildman–Crippen MR) is 95.9 cm³/mol. The molecular weight excluding hydrogens is 400 g/mol. The smallest absolute Gasteiger partial charge is 0.169 e. The highest BCUT2D eigenvalue weighted by Gasteiger charge is 2.32. The van der Waals surface area contributed by atoms with Crippen LogP contribution in [0.3, 0.4) is 0 Å². The van der Waals surface area contributed by atoms with Gasteiger partial charge >= 0.3 is 0 Å². The summed E-state index contributed by atoms with van der Waals surface area (Å²) in [6, 6.07) is 7.00. The number of hydrogen-bond acceptors (Lipinski definition) is 3. The first-order valence-electron chi connectivity index (χ1n) is 6.85. The zero-order valence-corrected chi connectivity index (χ0v) is 15.2. The largest absolute Gasteiger partial charge is 0.317 e. The van der Waals surface area contributed by atoms with Crippen LogP contribution in [0.15, 0.2) is 27.0 Å². The third-order valence-electron chi connectivity index (χ3n) is 4.06. The van der Waals surface area contributed by atoms with Crippen molar-refractivity contribution < 1.29 is 0 Å². The highest BCUT2D eigenvalue weighted by Crippen LogP contribution is 2.45. The maximum atomic E-state index is 4.55. The minimum atomic E-state index is 0. The number of hydrogen-bond donors (Lipinski definition) is 0. The van der Waals surface area contributed by atoms with Crippen molar-refractivity contribution in [2.45, 2.75) is 25.7 Å². The topological polar surface area (TPSA) is 15.6 Å². The van der Waals surface area contributed by atoms with Crippen LogP contribution in [0.25, 0.3) is 5.70 Å². The van der Waals surface area contributed by atoms with Gasteiger partial charge in [0.25, 0.3) is 0 Å². The zero-order valence-electron chi connectivity index (χ0n) is 11.1. The number of aliphatic imine (C=N–C) groups is 1. The molecule has 1 aromatic rings. The molecule has 1 aromatic carbocycles. The quantitative estimate of drug-likeness (QED) is 0.666. The Balaban J connectivity index is 0.00000121. The summed E-state index contributed by atoms with van der Waals surface area (Å²) in [4.78, 5) is 6.89. The van der Waals surface area contributed by atoms with Gasteiger partial charge in [-0.15, -0.1) is 17.0 Å². The first-order chi connectivity index (χ1) is 9.33. The molecule has 0 unspecified atom stereocenters. The first-order valence-corrected chi connectivity index (χ1v) is 8.46. The predicted octanol–water partition coefficient (Wildman–Crippen LogP) is 4.58. The highest BCUT2D eigenvalue weighted by atomic mass is 79.9. The van der Waals surface area contributed by atoms with Crippen LogP contribution in [0.4, 0.5) is 0 Å². The summed E-state index contributed by atoms with van der Waals surface area (Å²) in [5.41, 5.74) is 5.75. The molecule has 2 heterocycles. The van der Waals surface area contributed by atoms with E-state index in [0.717, 1.165) is 18.3 Å². The molecule has 0 spiro atoms. The van der Waals surface area contributed by atoms with Gasteiger partial charge in [-0.3, -0.25) is 4.99 Å². The summed E-state index contributed by atoms with van der Waals surface area (Å²) in [6.45, 7) is 1.95. The van der Waals surface area contributed by atoms with E-state index in [4.69, 9.17) is 0 Å². The van der Waals surface area contributed by atoms with Crippen molar-refractivity contribution in [1.29, 1.82) is 0 Å². The van der Waals surface area contributed by atoms with Crippen LogP contribution in [0.5, 0.6) is 0 Å². The van der Waals surface area contributed by atoms with Gasteiger partial charge in [-0.2, -0.15) is 0 Å². The fraction of sp³-hybridized carbons (Fsp3) is 0.400. The first kappa shape index (κ1) is 14.7. The summed E-state index contributed by atoms with van der Waals surface area (Å²) >= 11 is 5.46. The number of nitrogens with zero attached hydrogens (tertiary/aromatic N) is 2. The summed E-state index contributed by atoms with van der Waals surface area (Å²) in [6.07, 6.45) is 5.17. The third-order valence-corrected chi connectivity index (χ3v) is 5.83. The molecule has 0 radical (unpaired) electrons. The van der Waals surface area contributed by atoms with Crippen LogP contribution in [-0.2, 0) is 12.8 Å². The zero-order chi connectivity index (χ0) is 12.8. The van der Waals surface area contributed by atoms with Crippen LogP contribution in [-0.4, -0.2) is 23.2 Å². The van der Waals surface area contributed by atoms with Gasteiger partial charge in [-0.05, 0) is 70.6 Å². The van der Waals surface area contributed by atoms with E-state index in [-0.39, 0.29) is 17.0 Å². The Hall–Kier alpha value is -0.260. The standard InChI is InChI=1S/C15H15BrN2S.BrH/c16-14-13(18-8-7-17-15(18)19-14)12-6-5-10-3-1-2-4-11(10)9-12;/h5-6,9H,1-4,7-8H2;1H. The Bertz CT molecular complexity index is 610. The van der Waals surface area contributed by atoms with Gasteiger partial charge in [0.15, 0.2) is 5.17 Å². The van der Waals surface area contributed by atoms with Crippen LogP contribution in [0.1, 0.15) is 29.5 Å². The van der Waals surface area contributed by atoms with Gasteiger partial charge in [-0.1, -0.05) is 12.1 Å².